The lowest BCUT2D eigenvalue weighted by molar-refractivity contribution is 0.475. The lowest BCUT2D eigenvalue weighted by atomic mass is 9.90. The van der Waals surface area contributed by atoms with E-state index in [1.54, 1.807) is 12.1 Å². The molecule has 110 valence electrons. The van der Waals surface area contributed by atoms with E-state index in [1.807, 2.05) is 19.1 Å². The molecule has 0 radical (unpaired) electrons. The summed E-state index contributed by atoms with van der Waals surface area (Å²) in [5, 5.41) is 9.35. The number of sulfonamides is 1. The van der Waals surface area contributed by atoms with Gasteiger partial charge < -0.3 is 5.11 Å². The van der Waals surface area contributed by atoms with Gasteiger partial charge in [-0.3, -0.25) is 0 Å². The van der Waals surface area contributed by atoms with Crippen molar-refractivity contribution in [3.05, 3.63) is 35.9 Å². The molecular formula is C15H21NO3S. The molecule has 5 heteroatoms. The van der Waals surface area contributed by atoms with Crippen LogP contribution in [0.4, 0.5) is 0 Å². The molecule has 0 amide bonds. The predicted octanol–water partition coefficient (Wildman–Crippen LogP) is 2.66. The van der Waals surface area contributed by atoms with Crippen LogP contribution in [0.5, 0.6) is 5.75 Å². The molecule has 1 atom stereocenters. The molecule has 0 heterocycles. The second-order valence-electron chi connectivity index (χ2n) is 5.13. The first kappa shape index (κ1) is 15.1. The number of aromatic hydroxyl groups is 1. The zero-order chi connectivity index (χ0) is 14.6. The summed E-state index contributed by atoms with van der Waals surface area (Å²) >= 11 is 0. The summed E-state index contributed by atoms with van der Waals surface area (Å²) in [4.78, 5) is 0. The molecule has 20 heavy (non-hydrogen) atoms. The quantitative estimate of drug-likeness (QED) is 0.877. The van der Waals surface area contributed by atoms with Gasteiger partial charge in [0.25, 0.3) is 0 Å². The number of hydrogen-bond donors (Lipinski definition) is 2. The molecule has 1 aromatic rings. The summed E-state index contributed by atoms with van der Waals surface area (Å²) in [5.41, 5.74) is 1.97. The lowest BCUT2D eigenvalue weighted by Gasteiger charge is -2.25. The highest BCUT2D eigenvalue weighted by Crippen LogP contribution is 2.28. The van der Waals surface area contributed by atoms with Crippen molar-refractivity contribution < 1.29 is 13.5 Å². The highest BCUT2D eigenvalue weighted by Gasteiger charge is 2.23. The Bertz CT molecular complexity index is 576. The van der Waals surface area contributed by atoms with Crippen molar-refractivity contribution in [1.82, 2.24) is 4.72 Å². The number of nitrogens with one attached hydrogen (secondary N) is 1. The minimum absolute atomic E-state index is 0.159. The minimum atomic E-state index is -3.22. The Morgan fingerprint density at radius 3 is 2.65 bits per heavy atom. The maximum absolute atomic E-state index is 12.0. The van der Waals surface area contributed by atoms with Crippen LogP contribution < -0.4 is 4.72 Å². The smallest absolute Gasteiger partial charge is 0.212 e. The Labute approximate surface area is 120 Å². The Balaban J connectivity index is 2.21. The summed E-state index contributed by atoms with van der Waals surface area (Å²) < 4.78 is 26.7. The van der Waals surface area contributed by atoms with Gasteiger partial charge >= 0.3 is 0 Å². The molecular weight excluding hydrogens is 274 g/mol. The molecule has 1 aliphatic rings. The summed E-state index contributed by atoms with van der Waals surface area (Å²) in [6, 6.07) is 6.75. The van der Waals surface area contributed by atoms with Gasteiger partial charge in [-0.1, -0.05) is 25.1 Å². The van der Waals surface area contributed by atoms with E-state index in [0.717, 1.165) is 30.4 Å². The third kappa shape index (κ3) is 3.84. The summed E-state index contributed by atoms with van der Waals surface area (Å²) in [6.07, 6.45) is 5.47. The van der Waals surface area contributed by atoms with Gasteiger partial charge in [-0.2, -0.15) is 0 Å². The highest BCUT2D eigenvalue weighted by atomic mass is 32.2. The van der Waals surface area contributed by atoms with E-state index >= 15 is 0 Å². The van der Waals surface area contributed by atoms with Crippen LogP contribution in [0.15, 0.2) is 30.3 Å². The van der Waals surface area contributed by atoms with Crippen LogP contribution in [-0.4, -0.2) is 25.3 Å². The molecule has 0 aromatic heterocycles. The van der Waals surface area contributed by atoms with Crippen molar-refractivity contribution in [2.24, 2.45) is 0 Å². The Morgan fingerprint density at radius 1 is 1.30 bits per heavy atom. The van der Waals surface area contributed by atoms with Crippen molar-refractivity contribution in [2.75, 3.05) is 5.75 Å². The lowest BCUT2D eigenvalue weighted by Crippen LogP contribution is -2.38. The Hall–Kier alpha value is -1.33. The maximum atomic E-state index is 12.0. The fourth-order valence-electron chi connectivity index (χ4n) is 2.52. The molecule has 0 spiro atoms. The van der Waals surface area contributed by atoms with Gasteiger partial charge in [-0.25, -0.2) is 13.1 Å². The molecule has 2 N–H and O–H groups in total. The first-order valence-corrected chi connectivity index (χ1v) is 8.66. The zero-order valence-corrected chi connectivity index (χ0v) is 12.5. The van der Waals surface area contributed by atoms with E-state index in [9.17, 15) is 13.5 Å². The molecule has 2 rings (SSSR count). The van der Waals surface area contributed by atoms with Crippen LogP contribution in [0, 0.1) is 0 Å². The first-order valence-electron chi connectivity index (χ1n) is 7.01. The molecule has 1 aromatic carbocycles. The maximum Gasteiger partial charge on any atom is 0.212 e. The monoisotopic (exact) mass is 295 g/mol. The number of phenols is 1. The van der Waals surface area contributed by atoms with E-state index in [2.05, 4.69) is 10.8 Å². The van der Waals surface area contributed by atoms with Crippen molar-refractivity contribution in [3.63, 3.8) is 0 Å². The second kappa shape index (κ2) is 6.41. The van der Waals surface area contributed by atoms with Gasteiger partial charge in [0.05, 0.1) is 5.75 Å². The molecule has 0 saturated carbocycles. The van der Waals surface area contributed by atoms with Crippen molar-refractivity contribution >= 4 is 15.6 Å². The van der Waals surface area contributed by atoms with Crippen molar-refractivity contribution in [1.29, 1.82) is 0 Å². The number of benzene rings is 1. The third-order valence-corrected chi connectivity index (χ3v) is 5.02. The van der Waals surface area contributed by atoms with E-state index in [0.29, 0.717) is 6.42 Å². The minimum Gasteiger partial charge on any atom is -0.508 e. The third-order valence-electron chi connectivity index (χ3n) is 3.43. The van der Waals surface area contributed by atoms with E-state index in [-0.39, 0.29) is 17.5 Å². The molecule has 1 unspecified atom stereocenters. The second-order valence-corrected chi connectivity index (χ2v) is 7.00. The fraction of sp³-hybridized carbons (Fsp3) is 0.467. The van der Waals surface area contributed by atoms with Crippen LogP contribution in [0.2, 0.25) is 0 Å². The van der Waals surface area contributed by atoms with E-state index < -0.39 is 10.0 Å². The Kier molecular flexibility index (Phi) is 4.83. The molecule has 4 nitrogen and oxygen atoms in total. The van der Waals surface area contributed by atoms with Crippen molar-refractivity contribution in [3.8, 4) is 5.75 Å². The number of hydrogen-bond acceptors (Lipinski definition) is 3. The van der Waals surface area contributed by atoms with Crippen LogP contribution in [0.25, 0.3) is 5.57 Å². The number of phenolic OH excluding ortho intramolecular Hbond substituents is 1. The molecule has 1 aliphatic carbocycles. The molecule has 0 bridgehead atoms. The van der Waals surface area contributed by atoms with Gasteiger partial charge in [-0.15, -0.1) is 0 Å². The van der Waals surface area contributed by atoms with Gasteiger partial charge in [0.2, 0.25) is 10.0 Å². The van der Waals surface area contributed by atoms with E-state index in [1.165, 1.54) is 0 Å². The standard InChI is InChI=1S/C15H21NO3S/c1-2-11-20(18,19)16-15-6-4-3-5-14(15)12-7-9-13(17)10-8-12/h5,7-10,15-17H,2-4,6,11H2,1H3. The Morgan fingerprint density at radius 2 is 2.00 bits per heavy atom. The van der Waals surface area contributed by atoms with Gasteiger partial charge in [0.15, 0.2) is 0 Å². The van der Waals surface area contributed by atoms with Gasteiger partial charge in [-0.05, 0) is 49.0 Å². The van der Waals surface area contributed by atoms with Crippen molar-refractivity contribution in [2.45, 2.75) is 38.6 Å². The van der Waals surface area contributed by atoms with E-state index in [4.69, 9.17) is 0 Å². The van der Waals surface area contributed by atoms with Gasteiger partial charge in [0, 0.05) is 6.04 Å². The normalized spacial score (nSPS) is 19.6. The zero-order valence-electron chi connectivity index (χ0n) is 11.7. The molecule has 0 fully saturated rings. The van der Waals surface area contributed by atoms with Crippen LogP contribution in [0.1, 0.15) is 38.2 Å². The largest absolute Gasteiger partial charge is 0.508 e. The van der Waals surface area contributed by atoms with Crippen LogP contribution in [0.3, 0.4) is 0 Å². The molecule has 0 saturated heterocycles. The fourth-order valence-corrected chi connectivity index (χ4v) is 3.85. The summed E-state index contributed by atoms with van der Waals surface area (Å²) in [6.45, 7) is 1.86. The number of rotatable bonds is 5. The molecule has 0 aliphatic heterocycles. The average molecular weight is 295 g/mol. The summed E-state index contributed by atoms with van der Waals surface area (Å²) in [7, 11) is -3.22. The van der Waals surface area contributed by atoms with Crippen LogP contribution in [-0.2, 0) is 10.0 Å². The SMILES string of the molecule is CCCS(=O)(=O)NC1CCCC=C1c1ccc(O)cc1. The predicted molar refractivity (Wildman–Crippen MR) is 80.9 cm³/mol. The summed E-state index contributed by atoms with van der Waals surface area (Å²) in [5.74, 6) is 0.375. The first-order chi connectivity index (χ1) is 9.52. The highest BCUT2D eigenvalue weighted by molar-refractivity contribution is 7.89. The van der Waals surface area contributed by atoms with Gasteiger partial charge in [0.1, 0.15) is 5.75 Å². The average Bonchev–Trinajstić information content (AvgIpc) is 2.40. The van der Waals surface area contributed by atoms with Crippen LogP contribution >= 0.6 is 0 Å². The number of allylic oxidation sites excluding steroid dienone is 1. The topological polar surface area (TPSA) is 66.4 Å².